The Bertz CT molecular complexity index is 560. The van der Waals surface area contributed by atoms with E-state index in [0.29, 0.717) is 30.4 Å². The summed E-state index contributed by atoms with van der Waals surface area (Å²) in [4.78, 5) is 6.58. The number of rotatable bonds is 11. The number of guanidine groups is 1. The van der Waals surface area contributed by atoms with Crippen molar-refractivity contribution < 1.29 is 18.3 Å². The highest BCUT2D eigenvalue weighted by molar-refractivity contribution is 14.0. The van der Waals surface area contributed by atoms with Crippen LogP contribution in [0.5, 0.6) is 11.5 Å². The molecule has 0 unspecified atom stereocenters. The molecular weight excluding hydrogens is 469 g/mol. The maximum atomic E-state index is 12.8. The van der Waals surface area contributed by atoms with Crippen LogP contribution in [-0.2, 0) is 6.54 Å². The molecule has 0 spiro atoms. The number of ether oxygens (including phenoxy) is 2. The first-order chi connectivity index (χ1) is 12.5. The summed E-state index contributed by atoms with van der Waals surface area (Å²) in [5.41, 5.74) is 0.543. The molecule has 0 bridgehead atoms. The van der Waals surface area contributed by atoms with Gasteiger partial charge in [-0.3, -0.25) is 0 Å². The van der Waals surface area contributed by atoms with Crippen molar-refractivity contribution in [2.75, 3.05) is 40.3 Å². The van der Waals surface area contributed by atoms with Gasteiger partial charge < -0.3 is 25.0 Å². The Kier molecular flexibility index (Phi) is 13.9. The first-order valence-electron chi connectivity index (χ1n) is 8.84. The van der Waals surface area contributed by atoms with Gasteiger partial charge in [0.15, 0.2) is 17.5 Å². The first kappa shape index (κ1) is 25.6. The molecule has 0 aliphatic heterocycles. The number of alkyl halides is 2. The lowest BCUT2D eigenvalue weighted by molar-refractivity contribution is -0.0520. The molecule has 2 N–H and O–H groups in total. The largest absolute Gasteiger partial charge is 0.490 e. The molecule has 0 radical (unpaired) electrons. The molecule has 27 heavy (non-hydrogen) atoms. The van der Waals surface area contributed by atoms with Crippen molar-refractivity contribution in [1.82, 2.24) is 15.5 Å². The first-order valence-corrected chi connectivity index (χ1v) is 8.84. The Hall–Kier alpha value is -1.36. The molecule has 9 heteroatoms. The zero-order valence-electron chi connectivity index (χ0n) is 16.4. The van der Waals surface area contributed by atoms with Gasteiger partial charge in [-0.1, -0.05) is 12.1 Å². The van der Waals surface area contributed by atoms with E-state index in [-0.39, 0.29) is 36.3 Å². The van der Waals surface area contributed by atoms with Crippen molar-refractivity contribution in [2.45, 2.75) is 33.4 Å². The maximum absolute atomic E-state index is 12.8. The van der Waals surface area contributed by atoms with Gasteiger partial charge in [0.05, 0.1) is 13.2 Å². The normalized spacial score (nSPS) is 11.3. The lowest BCUT2D eigenvalue weighted by atomic mass is 10.2. The number of halogens is 3. The van der Waals surface area contributed by atoms with Gasteiger partial charge in [-0.05, 0) is 47.0 Å². The van der Waals surface area contributed by atoms with Gasteiger partial charge >= 0.3 is 6.61 Å². The molecule has 1 aromatic rings. The highest BCUT2D eigenvalue weighted by Crippen LogP contribution is 2.33. The van der Waals surface area contributed by atoms with Gasteiger partial charge in [-0.15, -0.1) is 24.0 Å². The average Bonchev–Trinajstić information content (AvgIpc) is 2.58. The number of aliphatic imine (C=N–C) groups is 1. The molecule has 1 rings (SSSR count). The molecule has 0 aliphatic carbocycles. The predicted molar refractivity (Wildman–Crippen MR) is 116 cm³/mol. The SMILES string of the molecule is CCNC(=NCc1cccc(OCC)c1OC(F)F)NCCCN(C)C.I. The van der Waals surface area contributed by atoms with E-state index in [1.807, 2.05) is 21.0 Å². The van der Waals surface area contributed by atoms with Crippen LogP contribution in [0.4, 0.5) is 8.78 Å². The van der Waals surface area contributed by atoms with Crippen molar-refractivity contribution in [3.63, 3.8) is 0 Å². The summed E-state index contributed by atoms with van der Waals surface area (Å²) < 4.78 is 35.6. The second kappa shape index (κ2) is 14.7. The highest BCUT2D eigenvalue weighted by atomic mass is 127. The van der Waals surface area contributed by atoms with Crippen LogP contribution in [0.1, 0.15) is 25.8 Å². The molecular formula is C18H31F2IN4O2. The summed E-state index contributed by atoms with van der Waals surface area (Å²) in [5, 5.41) is 6.38. The summed E-state index contributed by atoms with van der Waals surface area (Å²) in [6.45, 7) is 3.85. The third-order valence-corrected chi connectivity index (χ3v) is 3.39. The van der Waals surface area contributed by atoms with E-state index < -0.39 is 6.61 Å². The predicted octanol–water partition coefficient (Wildman–Crippen LogP) is 3.31. The fraction of sp³-hybridized carbons (Fsp3) is 0.611. The monoisotopic (exact) mass is 500 g/mol. The van der Waals surface area contributed by atoms with E-state index in [9.17, 15) is 8.78 Å². The summed E-state index contributed by atoms with van der Waals surface area (Å²) in [7, 11) is 4.05. The minimum Gasteiger partial charge on any atom is -0.490 e. The quantitative estimate of drug-likeness (QED) is 0.211. The zero-order chi connectivity index (χ0) is 19.4. The summed E-state index contributed by atoms with van der Waals surface area (Å²) in [5.74, 6) is 0.970. The van der Waals surface area contributed by atoms with Crippen molar-refractivity contribution in [1.29, 1.82) is 0 Å². The molecule has 0 saturated heterocycles. The van der Waals surface area contributed by atoms with Crippen molar-refractivity contribution >= 4 is 29.9 Å². The molecule has 0 amide bonds. The van der Waals surface area contributed by atoms with Crippen molar-refractivity contribution in [2.24, 2.45) is 4.99 Å². The Balaban J connectivity index is 0.00000676. The number of nitrogens with zero attached hydrogens (tertiary/aromatic N) is 2. The van der Waals surface area contributed by atoms with Gasteiger partial charge in [0.25, 0.3) is 0 Å². The van der Waals surface area contributed by atoms with Gasteiger partial charge in [-0.2, -0.15) is 8.78 Å². The fourth-order valence-electron chi connectivity index (χ4n) is 2.29. The molecule has 1 aromatic carbocycles. The van der Waals surface area contributed by atoms with Crippen LogP contribution in [0.3, 0.4) is 0 Å². The lowest BCUT2D eigenvalue weighted by Gasteiger charge is -2.16. The highest BCUT2D eigenvalue weighted by Gasteiger charge is 2.15. The van der Waals surface area contributed by atoms with E-state index in [1.165, 1.54) is 0 Å². The van der Waals surface area contributed by atoms with Gasteiger partial charge in [0.1, 0.15) is 0 Å². The molecule has 6 nitrogen and oxygen atoms in total. The van der Waals surface area contributed by atoms with E-state index in [4.69, 9.17) is 4.74 Å². The van der Waals surface area contributed by atoms with Crippen LogP contribution in [-0.4, -0.2) is 57.8 Å². The van der Waals surface area contributed by atoms with Crippen molar-refractivity contribution in [3.05, 3.63) is 23.8 Å². The van der Waals surface area contributed by atoms with Crippen LogP contribution < -0.4 is 20.1 Å². The maximum Gasteiger partial charge on any atom is 0.387 e. The van der Waals surface area contributed by atoms with Crippen LogP contribution >= 0.6 is 24.0 Å². The molecule has 0 atom stereocenters. The van der Waals surface area contributed by atoms with Gasteiger partial charge in [-0.25, -0.2) is 4.99 Å². The summed E-state index contributed by atoms with van der Waals surface area (Å²) in [6, 6.07) is 5.06. The van der Waals surface area contributed by atoms with Gasteiger partial charge in [0.2, 0.25) is 0 Å². The minimum atomic E-state index is -2.92. The third-order valence-electron chi connectivity index (χ3n) is 3.39. The minimum absolute atomic E-state index is 0. The van der Waals surface area contributed by atoms with Crippen LogP contribution in [0.25, 0.3) is 0 Å². The smallest absolute Gasteiger partial charge is 0.387 e. The van der Waals surface area contributed by atoms with Crippen LogP contribution in [0.2, 0.25) is 0 Å². The van der Waals surface area contributed by atoms with Crippen molar-refractivity contribution in [3.8, 4) is 11.5 Å². The number of benzene rings is 1. The topological polar surface area (TPSA) is 58.1 Å². The van der Waals surface area contributed by atoms with E-state index in [2.05, 4.69) is 25.3 Å². The lowest BCUT2D eigenvalue weighted by Crippen LogP contribution is -2.38. The zero-order valence-corrected chi connectivity index (χ0v) is 18.8. The molecule has 0 aliphatic rings. The van der Waals surface area contributed by atoms with E-state index >= 15 is 0 Å². The third kappa shape index (κ3) is 10.5. The number of nitrogens with one attached hydrogen (secondary N) is 2. The Labute approximate surface area is 177 Å². The number of hydrogen-bond acceptors (Lipinski definition) is 4. The van der Waals surface area contributed by atoms with E-state index in [0.717, 1.165) is 19.5 Å². The number of para-hydroxylation sites is 1. The molecule has 0 aromatic heterocycles. The molecule has 0 saturated carbocycles. The molecule has 0 heterocycles. The summed E-state index contributed by atoms with van der Waals surface area (Å²) >= 11 is 0. The van der Waals surface area contributed by atoms with Gasteiger partial charge in [0, 0.05) is 18.7 Å². The standard InChI is InChI=1S/C18H30F2N4O2.HI/c1-5-21-18(22-11-8-12-24(3)4)23-13-14-9-7-10-15(25-6-2)16(14)26-17(19)20;/h7,9-10,17H,5-6,8,11-13H2,1-4H3,(H2,21,22,23);1H. The number of hydrogen-bond donors (Lipinski definition) is 2. The van der Waals surface area contributed by atoms with Crippen LogP contribution in [0, 0.1) is 0 Å². The van der Waals surface area contributed by atoms with E-state index in [1.54, 1.807) is 25.1 Å². The molecule has 156 valence electrons. The second-order valence-electron chi connectivity index (χ2n) is 5.83. The summed E-state index contributed by atoms with van der Waals surface area (Å²) in [6.07, 6.45) is 0.969. The Morgan fingerprint density at radius 3 is 2.56 bits per heavy atom. The Morgan fingerprint density at radius 1 is 1.22 bits per heavy atom. The molecule has 0 fully saturated rings. The van der Waals surface area contributed by atoms with Crippen LogP contribution in [0.15, 0.2) is 23.2 Å². The Morgan fingerprint density at radius 2 is 1.96 bits per heavy atom. The fourth-order valence-corrected chi connectivity index (χ4v) is 2.29. The second-order valence-corrected chi connectivity index (χ2v) is 5.83. The average molecular weight is 500 g/mol.